The van der Waals surface area contributed by atoms with E-state index in [1.54, 1.807) is 0 Å². The molecule has 1 amide bonds. The lowest BCUT2D eigenvalue weighted by molar-refractivity contribution is -0.153. The molecule has 1 N–H and O–H groups in total. The number of hydrogen-bond donors (Lipinski definition) is 1. The summed E-state index contributed by atoms with van der Waals surface area (Å²) < 4.78 is 5.28. The molecular formula is C21H31NO3. The fourth-order valence-corrected chi connectivity index (χ4v) is 6.41. The van der Waals surface area contributed by atoms with Crippen LogP contribution < -0.4 is 5.32 Å². The number of allylic oxidation sites excluding steroid dienone is 2. The highest BCUT2D eigenvalue weighted by molar-refractivity contribution is 5.81. The van der Waals surface area contributed by atoms with Crippen molar-refractivity contribution in [2.75, 3.05) is 6.61 Å². The first kappa shape index (κ1) is 17.1. The predicted octanol–water partition coefficient (Wildman–Crippen LogP) is 3.61. The lowest BCUT2D eigenvalue weighted by atomic mass is 9.48. The average Bonchev–Trinajstić information content (AvgIpc) is 2.59. The van der Waals surface area contributed by atoms with Gasteiger partial charge in [-0.25, -0.2) is 0 Å². The zero-order valence-electron chi connectivity index (χ0n) is 15.3. The van der Waals surface area contributed by atoms with Gasteiger partial charge in [-0.2, -0.15) is 0 Å². The molecule has 0 unspecified atom stereocenters. The molecule has 0 aromatic rings. The highest BCUT2D eigenvalue weighted by atomic mass is 16.5. The molecule has 0 saturated heterocycles. The first-order chi connectivity index (χ1) is 12.0. The van der Waals surface area contributed by atoms with Crippen LogP contribution in [-0.4, -0.2) is 24.5 Å². The Balaban J connectivity index is 1.27. The third-order valence-corrected chi connectivity index (χ3v) is 7.33. The van der Waals surface area contributed by atoms with Crippen molar-refractivity contribution in [3.63, 3.8) is 0 Å². The standard InChI is InChI=1S/C21H31NO3/c1-14(21-10-15-7-16(11-21)9-17(8-15)12-21)22-19(23)13-25-20(24)18-5-3-2-4-6-18/h2-3,14-18H,4-13H2,1H3,(H,22,23)/t14-,15?,16?,17?,18-,21?/m0/s1. The van der Waals surface area contributed by atoms with E-state index >= 15 is 0 Å². The molecule has 0 aromatic heterocycles. The van der Waals surface area contributed by atoms with Gasteiger partial charge < -0.3 is 10.1 Å². The molecule has 138 valence electrons. The normalized spacial score (nSPS) is 39.9. The van der Waals surface area contributed by atoms with E-state index in [4.69, 9.17) is 4.74 Å². The summed E-state index contributed by atoms with van der Waals surface area (Å²) in [5.41, 5.74) is 0.294. The molecular weight excluding hydrogens is 314 g/mol. The number of ether oxygens (including phenoxy) is 1. The van der Waals surface area contributed by atoms with Crippen molar-refractivity contribution in [1.29, 1.82) is 0 Å². The quantitative estimate of drug-likeness (QED) is 0.612. The number of rotatable bonds is 5. The second-order valence-corrected chi connectivity index (χ2v) is 9.16. The zero-order chi connectivity index (χ0) is 17.4. The van der Waals surface area contributed by atoms with Gasteiger partial charge in [0.25, 0.3) is 5.91 Å². The van der Waals surface area contributed by atoms with E-state index in [0.29, 0.717) is 5.41 Å². The second kappa shape index (κ2) is 6.77. The van der Waals surface area contributed by atoms with Crippen molar-refractivity contribution in [2.24, 2.45) is 29.1 Å². The summed E-state index contributed by atoms with van der Waals surface area (Å²) >= 11 is 0. The molecule has 5 rings (SSSR count). The van der Waals surface area contributed by atoms with E-state index in [2.05, 4.69) is 18.3 Å². The molecule has 25 heavy (non-hydrogen) atoms. The first-order valence-corrected chi connectivity index (χ1v) is 10.1. The number of carbonyl (C=O) groups is 2. The fraction of sp³-hybridized carbons (Fsp3) is 0.810. The molecule has 0 aromatic carbocycles. The van der Waals surface area contributed by atoms with Crippen LogP contribution in [0.5, 0.6) is 0 Å². The van der Waals surface area contributed by atoms with Gasteiger partial charge in [0.05, 0.1) is 5.92 Å². The van der Waals surface area contributed by atoms with Gasteiger partial charge in [-0.05, 0) is 87.9 Å². The average molecular weight is 345 g/mol. The summed E-state index contributed by atoms with van der Waals surface area (Å²) in [7, 11) is 0. The molecule has 0 aliphatic heterocycles. The van der Waals surface area contributed by atoms with E-state index in [9.17, 15) is 9.59 Å². The lowest BCUT2D eigenvalue weighted by Crippen LogP contribution is -2.56. The Labute approximate surface area is 150 Å². The maximum Gasteiger partial charge on any atom is 0.309 e. The van der Waals surface area contributed by atoms with E-state index in [-0.39, 0.29) is 30.4 Å². The minimum atomic E-state index is -0.220. The summed E-state index contributed by atoms with van der Waals surface area (Å²) in [4.78, 5) is 24.4. The van der Waals surface area contributed by atoms with Gasteiger partial charge >= 0.3 is 5.97 Å². The molecule has 5 aliphatic carbocycles. The summed E-state index contributed by atoms with van der Waals surface area (Å²) in [5.74, 6) is 2.21. The molecule has 4 heteroatoms. The maximum atomic E-state index is 12.3. The highest BCUT2D eigenvalue weighted by Gasteiger charge is 2.53. The second-order valence-electron chi connectivity index (χ2n) is 9.16. The summed E-state index contributed by atoms with van der Waals surface area (Å²) in [6.07, 6.45) is 14.7. The van der Waals surface area contributed by atoms with Crippen molar-refractivity contribution >= 4 is 11.9 Å². The van der Waals surface area contributed by atoms with Crippen LogP contribution in [0.1, 0.15) is 64.7 Å². The third-order valence-electron chi connectivity index (χ3n) is 7.33. The highest BCUT2D eigenvalue weighted by Crippen LogP contribution is 2.61. The molecule has 5 aliphatic rings. The fourth-order valence-electron chi connectivity index (χ4n) is 6.41. The zero-order valence-corrected chi connectivity index (χ0v) is 15.3. The van der Waals surface area contributed by atoms with Crippen molar-refractivity contribution in [3.8, 4) is 0 Å². The molecule has 4 bridgehead atoms. The van der Waals surface area contributed by atoms with Gasteiger partial charge in [0.1, 0.15) is 0 Å². The van der Waals surface area contributed by atoms with Crippen LogP contribution in [0, 0.1) is 29.1 Å². The van der Waals surface area contributed by atoms with Crippen molar-refractivity contribution < 1.29 is 14.3 Å². The number of carbonyl (C=O) groups excluding carboxylic acids is 2. The molecule has 4 fully saturated rings. The first-order valence-electron chi connectivity index (χ1n) is 10.1. The summed E-state index contributed by atoms with van der Waals surface area (Å²) in [6, 6.07) is 0.185. The van der Waals surface area contributed by atoms with Crippen molar-refractivity contribution in [2.45, 2.75) is 70.8 Å². The van der Waals surface area contributed by atoms with Crippen molar-refractivity contribution in [1.82, 2.24) is 5.32 Å². The van der Waals surface area contributed by atoms with Gasteiger partial charge in [-0.15, -0.1) is 0 Å². The van der Waals surface area contributed by atoms with Crippen LogP contribution in [0.25, 0.3) is 0 Å². The molecule has 4 saturated carbocycles. The van der Waals surface area contributed by atoms with Gasteiger partial charge in [-0.3, -0.25) is 9.59 Å². The van der Waals surface area contributed by atoms with Gasteiger partial charge in [0, 0.05) is 6.04 Å². The largest absolute Gasteiger partial charge is 0.455 e. The van der Waals surface area contributed by atoms with Crippen LogP contribution in [0.4, 0.5) is 0 Å². The van der Waals surface area contributed by atoms with Crippen LogP contribution in [0.2, 0.25) is 0 Å². The molecule has 0 radical (unpaired) electrons. The minimum Gasteiger partial charge on any atom is -0.455 e. The molecule has 0 spiro atoms. The SMILES string of the molecule is C[C@H](NC(=O)COC(=O)[C@H]1CC=CCC1)C12CC3CC(CC(C3)C1)C2. The number of esters is 1. The maximum absolute atomic E-state index is 12.3. The van der Waals surface area contributed by atoms with E-state index in [1.807, 2.05) is 6.08 Å². The summed E-state index contributed by atoms with van der Waals surface area (Å²) in [6.45, 7) is 2.04. The Morgan fingerprint density at radius 3 is 2.32 bits per heavy atom. The summed E-state index contributed by atoms with van der Waals surface area (Å²) in [5, 5.41) is 3.17. The Kier molecular flexibility index (Phi) is 4.63. The van der Waals surface area contributed by atoms with Crippen molar-refractivity contribution in [3.05, 3.63) is 12.2 Å². The Morgan fingerprint density at radius 2 is 1.76 bits per heavy atom. The third kappa shape index (κ3) is 3.50. The minimum absolute atomic E-state index is 0.0709. The topological polar surface area (TPSA) is 55.4 Å². The van der Waals surface area contributed by atoms with Crippen LogP contribution in [0.3, 0.4) is 0 Å². The lowest BCUT2D eigenvalue weighted by Gasteiger charge is -2.59. The van der Waals surface area contributed by atoms with Gasteiger partial charge in [0.15, 0.2) is 6.61 Å². The van der Waals surface area contributed by atoms with Crippen LogP contribution in [0.15, 0.2) is 12.2 Å². The number of nitrogens with one attached hydrogen (secondary N) is 1. The Morgan fingerprint density at radius 1 is 1.12 bits per heavy atom. The monoisotopic (exact) mass is 345 g/mol. The molecule has 0 heterocycles. The van der Waals surface area contributed by atoms with E-state index in [1.165, 1.54) is 38.5 Å². The van der Waals surface area contributed by atoms with Gasteiger partial charge in [0.2, 0.25) is 0 Å². The smallest absolute Gasteiger partial charge is 0.309 e. The van der Waals surface area contributed by atoms with Crippen LogP contribution >= 0.6 is 0 Å². The molecule has 2 atom stereocenters. The Bertz CT molecular complexity index is 532. The Hall–Kier alpha value is -1.32. The number of hydrogen-bond acceptors (Lipinski definition) is 3. The van der Waals surface area contributed by atoms with Gasteiger partial charge in [-0.1, -0.05) is 12.2 Å². The number of amides is 1. The van der Waals surface area contributed by atoms with E-state index < -0.39 is 0 Å². The van der Waals surface area contributed by atoms with Crippen LogP contribution in [-0.2, 0) is 14.3 Å². The molecule has 4 nitrogen and oxygen atoms in total. The predicted molar refractivity (Wildman–Crippen MR) is 95.6 cm³/mol. The van der Waals surface area contributed by atoms with E-state index in [0.717, 1.165) is 37.0 Å².